The molecular formula is C44H44Sn. The zero-order chi connectivity index (χ0) is 31.3. The monoisotopic (exact) mass is 692 g/mol. The summed E-state index contributed by atoms with van der Waals surface area (Å²) in [5, 5.41) is 5.16. The summed E-state index contributed by atoms with van der Waals surface area (Å²) >= 11 is -3.35. The predicted octanol–water partition coefficient (Wildman–Crippen LogP) is 12.2. The maximum atomic E-state index is 2.71. The second kappa shape index (κ2) is 13.2. The van der Waals surface area contributed by atoms with Gasteiger partial charge in [-0.15, -0.1) is 0 Å². The standard InChI is InChI=1S/2C12H9.2C10H13.Sn/c2*1-2-10-7-8-11-5-3-4-6-12(11)9-10;2*1-10(2,3)9-7-5-4-6-8-9;/h2*1-9H;2*4-8H,1H2,2-3H3;. The van der Waals surface area contributed by atoms with E-state index in [9.17, 15) is 0 Å². The summed E-state index contributed by atoms with van der Waals surface area (Å²) < 4.78 is 7.78. The Morgan fingerprint density at radius 1 is 0.422 bits per heavy atom. The van der Waals surface area contributed by atoms with Crippen molar-refractivity contribution >= 4 is 52.1 Å². The van der Waals surface area contributed by atoms with Gasteiger partial charge in [0.05, 0.1) is 0 Å². The van der Waals surface area contributed by atoms with Gasteiger partial charge in [0.25, 0.3) is 0 Å². The number of benzene rings is 6. The van der Waals surface area contributed by atoms with E-state index in [1.165, 1.54) is 52.7 Å². The van der Waals surface area contributed by atoms with Crippen LogP contribution >= 0.6 is 0 Å². The zero-order valence-electron chi connectivity index (χ0n) is 27.1. The average Bonchev–Trinajstić information content (AvgIpc) is 3.07. The molecule has 0 radical (unpaired) electrons. The molecule has 0 N–H and O–H groups in total. The number of rotatable bonds is 10. The van der Waals surface area contributed by atoms with Crippen LogP contribution in [0.25, 0.3) is 33.7 Å². The van der Waals surface area contributed by atoms with Crippen LogP contribution in [-0.2, 0) is 10.8 Å². The van der Waals surface area contributed by atoms with Crippen molar-refractivity contribution in [2.45, 2.75) is 47.4 Å². The van der Waals surface area contributed by atoms with Crippen molar-refractivity contribution in [2.75, 3.05) is 0 Å². The third kappa shape index (κ3) is 7.51. The van der Waals surface area contributed by atoms with E-state index in [2.05, 4.69) is 194 Å². The van der Waals surface area contributed by atoms with Gasteiger partial charge in [-0.3, -0.25) is 0 Å². The van der Waals surface area contributed by atoms with E-state index in [4.69, 9.17) is 0 Å². The van der Waals surface area contributed by atoms with Crippen molar-refractivity contribution in [1.82, 2.24) is 0 Å². The Kier molecular flexibility index (Phi) is 9.15. The normalized spacial score (nSPS) is 12.9. The molecule has 0 bridgehead atoms. The fraction of sp³-hybridized carbons (Fsp3) is 0.182. The van der Waals surface area contributed by atoms with Gasteiger partial charge in [0.1, 0.15) is 0 Å². The molecule has 0 spiro atoms. The Hall–Kier alpha value is -3.88. The molecule has 0 unspecified atom stereocenters. The van der Waals surface area contributed by atoms with Crippen LogP contribution in [0, 0.1) is 0 Å². The molecule has 6 aromatic carbocycles. The third-order valence-corrected chi connectivity index (χ3v) is 23.0. The molecule has 224 valence electrons. The Balaban J connectivity index is 1.49. The maximum absolute atomic E-state index is 3.35. The topological polar surface area (TPSA) is 0 Å². The van der Waals surface area contributed by atoms with Crippen LogP contribution in [0.15, 0.2) is 154 Å². The van der Waals surface area contributed by atoms with Crippen LogP contribution in [0.3, 0.4) is 0 Å². The van der Waals surface area contributed by atoms with E-state index < -0.39 is 18.4 Å². The fourth-order valence-corrected chi connectivity index (χ4v) is 22.7. The van der Waals surface area contributed by atoms with Gasteiger partial charge < -0.3 is 0 Å². The van der Waals surface area contributed by atoms with Crippen LogP contribution in [0.1, 0.15) is 49.9 Å². The molecule has 0 atom stereocenters. The van der Waals surface area contributed by atoms with Crippen LogP contribution in [0.4, 0.5) is 0 Å². The van der Waals surface area contributed by atoms with E-state index in [0.717, 1.165) is 0 Å². The van der Waals surface area contributed by atoms with E-state index in [1.54, 1.807) is 0 Å². The van der Waals surface area contributed by atoms with Crippen molar-refractivity contribution in [1.29, 1.82) is 0 Å². The summed E-state index contributed by atoms with van der Waals surface area (Å²) in [5.74, 6) is 0. The average molecular weight is 692 g/mol. The molecule has 0 nitrogen and oxygen atoms in total. The second-order valence-electron chi connectivity index (χ2n) is 14.0. The first-order chi connectivity index (χ1) is 21.7. The molecule has 0 fully saturated rings. The van der Waals surface area contributed by atoms with Gasteiger partial charge >= 0.3 is 276 Å². The van der Waals surface area contributed by atoms with Crippen LogP contribution in [0.5, 0.6) is 0 Å². The number of fused-ring (bicyclic) bond motifs is 2. The predicted molar refractivity (Wildman–Crippen MR) is 200 cm³/mol. The Labute approximate surface area is 274 Å². The molecule has 0 amide bonds. The van der Waals surface area contributed by atoms with E-state index in [1.807, 2.05) is 0 Å². The van der Waals surface area contributed by atoms with Gasteiger partial charge in [0, 0.05) is 0 Å². The first-order valence-corrected chi connectivity index (χ1v) is 23.5. The SMILES string of the molecule is CC(C)([CH2][Sn](/[CH]=C/c1ccc2ccccc2c1)(/[CH]=C/c1ccc2ccccc2c1)[CH2]C(C)(C)c1ccccc1)c1ccccc1. The molecule has 45 heavy (non-hydrogen) atoms. The summed E-state index contributed by atoms with van der Waals surface area (Å²) in [6.07, 6.45) is 4.91. The molecular weight excluding hydrogens is 647 g/mol. The van der Waals surface area contributed by atoms with Gasteiger partial charge in [-0.2, -0.15) is 0 Å². The summed E-state index contributed by atoms with van der Waals surface area (Å²) in [5.41, 5.74) is 5.47. The first-order valence-electron chi connectivity index (χ1n) is 16.2. The second-order valence-corrected chi connectivity index (χ2v) is 24.9. The quantitative estimate of drug-likeness (QED) is 0.126. The summed E-state index contributed by atoms with van der Waals surface area (Å²) in [4.78, 5) is 0. The van der Waals surface area contributed by atoms with Crippen molar-refractivity contribution in [3.63, 3.8) is 0 Å². The van der Waals surface area contributed by atoms with Crippen LogP contribution in [0.2, 0.25) is 8.87 Å². The molecule has 0 aromatic heterocycles. The molecule has 1 heteroatoms. The molecule has 0 saturated carbocycles. The van der Waals surface area contributed by atoms with Crippen molar-refractivity contribution < 1.29 is 0 Å². The van der Waals surface area contributed by atoms with Gasteiger partial charge in [0.2, 0.25) is 0 Å². The summed E-state index contributed by atoms with van der Waals surface area (Å²) in [6.45, 7) is 9.82. The van der Waals surface area contributed by atoms with Crippen molar-refractivity contribution in [3.8, 4) is 0 Å². The minimum absolute atomic E-state index is 0.0333. The van der Waals surface area contributed by atoms with Gasteiger partial charge in [-0.1, -0.05) is 0 Å². The van der Waals surface area contributed by atoms with E-state index in [-0.39, 0.29) is 10.8 Å². The number of hydrogen-bond donors (Lipinski definition) is 0. The zero-order valence-corrected chi connectivity index (χ0v) is 29.9. The third-order valence-electron chi connectivity index (χ3n) is 9.42. The van der Waals surface area contributed by atoms with Crippen molar-refractivity contribution in [3.05, 3.63) is 176 Å². The first kappa shape index (κ1) is 31.1. The minimum atomic E-state index is -3.35. The molecule has 0 aliphatic heterocycles. The van der Waals surface area contributed by atoms with E-state index in [0.29, 0.717) is 0 Å². The number of hydrogen-bond acceptors (Lipinski definition) is 0. The summed E-state index contributed by atoms with van der Waals surface area (Å²) in [7, 11) is 0. The molecule has 0 aliphatic rings. The van der Waals surface area contributed by atoms with Crippen LogP contribution < -0.4 is 0 Å². The van der Waals surface area contributed by atoms with Gasteiger partial charge in [-0.05, 0) is 0 Å². The molecule has 0 saturated heterocycles. The van der Waals surface area contributed by atoms with Gasteiger partial charge in [-0.25, -0.2) is 0 Å². The van der Waals surface area contributed by atoms with E-state index >= 15 is 0 Å². The van der Waals surface area contributed by atoms with Crippen LogP contribution in [-0.4, -0.2) is 18.4 Å². The Morgan fingerprint density at radius 3 is 1.18 bits per heavy atom. The Bertz CT molecular complexity index is 1800. The Morgan fingerprint density at radius 2 is 0.778 bits per heavy atom. The summed E-state index contributed by atoms with van der Waals surface area (Å²) in [6, 6.07) is 53.4. The molecule has 6 aromatic rings. The molecule has 6 rings (SSSR count). The van der Waals surface area contributed by atoms with Gasteiger partial charge in [0.15, 0.2) is 0 Å². The fourth-order valence-electron chi connectivity index (χ4n) is 7.13. The molecule has 0 aliphatic carbocycles. The van der Waals surface area contributed by atoms with Crippen molar-refractivity contribution in [2.24, 2.45) is 0 Å². The molecule has 0 heterocycles.